The number of hydrogen-bond donors (Lipinski definition) is 0. The average molecular weight is 225 g/mol. The highest BCUT2D eigenvalue weighted by Gasteiger charge is 2.03. The minimum absolute atomic E-state index is 0.757. The van der Waals surface area contributed by atoms with Gasteiger partial charge in [-0.25, -0.2) is 0 Å². The molecule has 0 unspecified atom stereocenters. The van der Waals surface area contributed by atoms with Crippen LogP contribution in [0.1, 0.15) is 12.5 Å². The molecule has 0 nitrogen and oxygen atoms in total. The highest BCUT2D eigenvalue weighted by atomic mass is 35.5. The number of aryl methyl sites for hydroxylation is 1. The molecule has 2 heteroatoms. The first-order valence-electron chi connectivity index (χ1n) is 4.59. The van der Waals surface area contributed by atoms with Crippen molar-refractivity contribution in [2.24, 2.45) is 0 Å². The number of hydrogen-bond acceptors (Lipinski definition) is 0. The van der Waals surface area contributed by atoms with E-state index >= 15 is 0 Å². The highest BCUT2D eigenvalue weighted by Crippen LogP contribution is 2.30. The zero-order valence-corrected chi connectivity index (χ0v) is 9.36. The number of fused-ring (bicyclic) bond motifs is 1. The van der Waals surface area contributed by atoms with Gasteiger partial charge in [-0.05, 0) is 30.2 Å². The van der Waals surface area contributed by atoms with Gasteiger partial charge in [0, 0.05) is 20.8 Å². The van der Waals surface area contributed by atoms with E-state index in [4.69, 9.17) is 23.2 Å². The Balaban J connectivity index is 2.80. The van der Waals surface area contributed by atoms with Crippen LogP contribution in [0.3, 0.4) is 0 Å². The van der Waals surface area contributed by atoms with Crippen molar-refractivity contribution in [3.63, 3.8) is 0 Å². The first-order valence-corrected chi connectivity index (χ1v) is 5.34. The van der Waals surface area contributed by atoms with E-state index in [1.807, 2.05) is 18.2 Å². The van der Waals surface area contributed by atoms with Gasteiger partial charge in [-0.2, -0.15) is 0 Å². The minimum atomic E-state index is 0.757. The molecule has 2 rings (SSSR count). The summed E-state index contributed by atoms with van der Waals surface area (Å²) < 4.78 is 0. The second kappa shape index (κ2) is 3.80. The smallest absolute Gasteiger partial charge is 0.0485 e. The van der Waals surface area contributed by atoms with E-state index in [0.717, 1.165) is 27.2 Å². The molecule has 72 valence electrons. The van der Waals surface area contributed by atoms with Gasteiger partial charge >= 0.3 is 0 Å². The molecule has 14 heavy (non-hydrogen) atoms. The second-order valence-corrected chi connectivity index (χ2v) is 4.08. The monoisotopic (exact) mass is 224 g/mol. The van der Waals surface area contributed by atoms with Crippen molar-refractivity contribution in [3.8, 4) is 0 Å². The van der Waals surface area contributed by atoms with Gasteiger partial charge in [0.15, 0.2) is 0 Å². The molecule has 0 saturated heterocycles. The summed E-state index contributed by atoms with van der Waals surface area (Å²) in [4.78, 5) is 0. The Hall–Kier alpha value is -0.720. The van der Waals surface area contributed by atoms with Crippen molar-refractivity contribution in [1.82, 2.24) is 0 Å². The number of benzene rings is 2. The fourth-order valence-electron chi connectivity index (χ4n) is 1.54. The Labute approximate surface area is 93.4 Å². The van der Waals surface area contributed by atoms with Crippen LogP contribution in [0.15, 0.2) is 30.3 Å². The first kappa shape index (κ1) is 9.82. The van der Waals surface area contributed by atoms with Crippen molar-refractivity contribution in [2.45, 2.75) is 13.3 Å². The maximum Gasteiger partial charge on any atom is 0.0485 e. The summed E-state index contributed by atoms with van der Waals surface area (Å²) in [5.74, 6) is 0. The van der Waals surface area contributed by atoms with Gasteiger partial charge in [0.2, 0.25) is 0 Å². The summed E-state index contributed by atoms with van der Waals surface area (Å²) in [6.45, 7) is 2.12. The molecule has 0 fully saturated rings. The van der Waals surface area contributed by atoms with E-state index in [9.17, 15) is 0 Å². The predicted molar refractivity (Wildman–Crippen MR) is 63.3 cm³/mol. The Kier molecular flexibility index (Phi) is 2.66. The van der Waals surface area contributed by atoms with Crippen molar-refractivity contribution >= 4 is 34.0 Å². The van der Waals surface area contributed by atoms with Gasteiger partial charge in [-0.1, -0.05) is 42.3 Å². The molecular weight excluding hydrogens is 215 g/mol. The fraction of sp³-hybridized carbons (Fsp3) is 0.167. The van der Waals surface area contributed by atoms with Crippen molar-refractivity contribution in [3.05, 3.63) is 45.9 Å². The normalized spacial score (nSPS) is 10.8. The lowest BCUT2D eigenvalue weighted by molar-refractivity contribution is 1.15. The molecule has 0 aliphatic rings. The van der Waals surface area contributed by atoms with Gasteiger partial charge in [-0.3, -0.25) is 0 Å². The van der Waals surface area contributed by atoms with Crippen LogP contribution in [-0.2, 0) is 6.42 Å². The predicted octanol–water partition coefficient (Wildman–Crippen LogP) is 4.71. The molecule has 2 aromatic rings. The van der Waals surface area contributed by atoms with Crippen molar-refractivity contribution in [2.75, 3.05) is 0 Å². The summed E-state index contributed by atoms with van der Waals surface area (Å²) in [7, 11) is 0. The molecule has 0 atom stereocenters. The van der Waals surface area contributed by atoms with Crippen LogP contribution >= 0.6 is 23.2 Å². The minimum Gasteiger partial charge on any atom is -0.0837 e. The van der Waals surface area contributed by atoms with Crippen LogP contribution in [-0.4, -0.2) is 0 Å². The summed E-state index contributed by atoms with van der Waals surface area (Å²) in [5, 5.41) is 3.58. The van der Waals surface area contributed by atoms with Gasteiger partial charge < -0.3 is 0 Å². The molecule has 2 aromatic carbocycles. The Bertz CT molecular complexity index is 475. The standard InChI is InChI=1S/C12H10Cl2/c1-2-8-3-4-9-10(7-8)12(14)6-5-11(9)13/h3-7H,2H2,1H3. The number of halogens is 2. The summed E-state index contributed by atoms with van der Waals surface area (Å²) in [6.07, 6.45) is 1.01. The van der Waals surface area contributed by atoms with Gasteiger partial charge in [0.05, 0.1) is 0 Å². The molecule has 0 saturated carbocycles. The lowest BCUT2D eigenvalue weighted by Gasteiger charge is -2.04. The molecule has 0 spiro atoms. The van der Waals surface area contributed by atoms with E-state index < -0.39 is 0 Å². The third-order valence-electron chi connectivity index (χ3n) is 2.38. The number of rotatable bonds is 1. The van der Waals surface area contributed by atoms with Crippen LogP contribution in [0.5, 0.6) is 0 Å². The average Bonchev–Trinajstić information content (AvgIpc) is 2.23. The molecule has 0 aliphatic heterocycles. The van der Waals surface area contributed by atoms with E-state index in [-0.39, 0.29) is 0 Å². The van der Waals surface area contributed by atoms with Crippen molar-refractivity contribution < 1.29 is 0 Å². The maximum absolute atomic E-state index is 6.10. The summed E-state index contributed by atoms with van der Waals surface area (Å²) in [6, 6.07) is 9.89. The fourth-order valence-corrected chi connectivity index (χ4v) is 1.99. The maximum atomic E-state index is 6.10. The Morgan fingerprint density at radius 2 is 1.57 bits per heavy atom. The summed E-state index contributed by atoms with van der Waals surface area (Å²) in [5.41, 5.74) is 1.28. The van der Waals surface area contributed by atoms with Crippen molar-refractivity contribution in [1.29, 1.82) is 0 Å². The van der Waals surface area contributed by atoms with Gasteiger partial charge in [0.25, 0.3) is 0 Å². The van der Waals surface area contributed by atoms with Crippen LogP contribution in [0.4, 0.5) is 0 Å². The van der Waals surface area contributed by atoms with E-state index in [2.05, 4.69) is 19.1 Å². The SMILES string of the molecule is CCc1ccc2c(Cl)ccc(Cl)c2c1. The zero-order chi connectivity index (χ0) is 10.1. The third-order valence-corrected chi connectivity index (χ3v) is 3.04. The molecule has 0 N–H and O–H groups in total. The van der Waals surface area contributed by atoms with E-state index in [1.165, 1.54) is 5.56 Å². The molecule has 0 bridgehead atoms. The lowest BCUT2D eigenvalue weighted by atomic mass is 10.1. The van der Waals surface area contributed by atoms with Gasteiger partial charge in [0.1, 0.15) is 0 Å². The Morgan fingerprint density at radius 1 is 0.929 bits per heavy atom. The lowest BCUT2D eigenvalue weighted by Crippen LogP contribution is -1.82. The van der Waals surface area contributed by atoms with Crippen LogP contribution in [0, 0.1) is 0 Å². The summed E-state index contributed by atoms with van der Waals surface area (Å²) >= 11 is 12.2. The largest absolute Gasteiger partial charge is 0.0837 e. The van der Waals surface area contributed by atoms with Crippen LogP contribution in [0.2, 0.25) is 10.0 Å². The van der Waals surface area contributed by atoms with Crippen LogP contribution in [0.25, 0.3) is 10.8 Å². The quantitative estimate of drug-likeness (QED) is 0.659. The van der Waals surface area contributed by atoms with Crippen LogP contribution < -0.4 is 0 Å². The topological polar surface area (TPSA) is 0 Å². The second-order valence-electron chi connectivity index (χ2n) is 3.26. The molecule has 0 aromatic heterocycles. The van der Waals surface area contributed by atoms with E-state index in [0.29, 0.717) is 0 Å². The zero-order valence-electron chi connectivity index (χ0n) is 7.85. The molecule has 0 amide bonds. The molecule has 0 radical (unpaired) electrons. The van der Waals surface area contributed by atoms with Gasteiger partial charge in [-0.15, -0.1) is 0 Å². The highest BCUT2D eigenvalue weighted by molar-refractivity contribution is 6.40. The van der Waals surface area contributed by atoms with E-state index in [1.54, 1.807) is 0 Å². The third kappa shape index (κ3) is 1.60. The molecular formula is C12H10Cl2. The first-order chi connectivity index (χ1) is 6.72. The molecule has 0 heterocycles. The Morgan fingerprint density at radius 3 is 2.21 bits per heavy atom. The molecule has 0 aliphatic carbocycles.